The van der Waals surface area contributed by atoms with Gasteiger partial charge in [0.15, 0.2) is 0 Å². The fourth-order valence-corrected chi connectivity index (χ4v) is 7.02. The lowest BCUT2D eigenvalue weighted by Crippen LogP contribution is -2.26. The number of anilines is 2. The first kappa shape index (κ1) is 28.5. The Balaban J connectivity index is 1.61. The summed E-state index contributed by atoms with van der Waals surface area (Å²) in [5.74, 6) is -1.61. The van der Waals surface area contributed by atoms with Crippen molar-refractivity contribution in [2.75, 3.05) is 10.5 Å². The number of hydrogen-bond donors (Lipinski definition) is 3. The largest absolute Gasteiger partial charge is 0.383 e. The van der Waals surface area contributed by atoms with Crippen molar-refractivity contribution in [1.82, 2.24) is 14.8 Å². The maximum Gasteiger partial charge on any atom is 0.263 e. The number of rotatable bonds is 6. The summed E-state index contributed by atoms with van der Waals surface area (Å²) in [6, 6.07) is 5.51. The van der Waals surface area contributed by atoms with Crippen molar-refractivity contribution < 1.29 is 17.2 Å². The SMILES string of the molecule is CC(C)n1nc(-c2cc(F)c(NS(=O)(=O)c3cc(Cl)ccc3Cl)cc2F)c2c(N)ncc(C3CCC(N)CC3)c21. The highest BCUT2D eigenvalue weighted by atomic mass is 35.5. The molecule has 13 heteroatoms. The number of nitrogens with two attached hydrogens (primary N) is 2. The summed E-state index contributed by atoms with van der Waals surface area (Å²) < 4.78 is 60.6. The summed E-state index contributed by atoms with van der Waals surface area (Å²) in [5, 5.41) is 5.06. The van der Waals surface area contributed by atoms with Crippen molar-refractivity contribution in [3.05, 3.63) is 63.8 Å². The first-order valence-corrected chi connectivity index (χ1v) is 15.0. The Morgan fingerprint density at radius 2 is 1.77 bits per heavy atom. The summed E-state index contributed by atoms with van der Waals surface area (Å²) >= 11 is 11.9. The molecule has 4 aromatic rings. The van der Waals surface area contributed by atoms with E-state index < -0.39 is 27.3 Å². The number of nitrogens with zero attached hydrogens (tertiary/aromatic N) is 3. The van der Waals surface area contributed by atoms with Crippen LogP contribution in [0.2, 0.25) is 10.0 Å². The van der Waals surface area contributed by atoms with Gasteiger partial charge in [-0.2, -0.15) is 5.10 Å². The molecule has 5 N–H and O–H groups in total. The third-order valence-electron chi connectivity index (χ3n) is 7.22. The highest BCUT2D eigenvalue weighted by Crippen LogP contribution is 2.42. The maximum absolute atomic E-state index is 15.6. The number of aromatic nitrogens is 3. The standard InChI is InChI=1S/C27H28Cl2F2N6O2S/c1-13(2)37-26-18(14-3-6-16(32)7-4-14)12-34-27(33)24(26)25(35-37)17-10-21(31)22(11-20(17)30)36-40(38,39)23-9-15(28)5-8-19(23)29/h5,8-14,16,36H,3-4,6-7,32H2,1-2H3,(H2,33,34). The Morgan fingerprint density at radius 3 is 2.45 bits per heavy atom. The molecule has 0 atom stereocenters. The van der Waals surface area contributed by atoms with Crippen LogP contribution in [0.15, 0.2) is 41.4 Å². The number of benzene rings is 2. The molecule has 0 saturated heterocycles. The van der Waals surface area contributed by atoms with Gasteiger partial charge in [0, 0.05) is 34.9 Å². The average molecular weight is 610 g/mol. The molecule has 0 radical (unpaired) electrons. The quantitative estimate of drug-likeness (QED) is 0.225. The van der Waals surface area contributed by atoms with Crippen molar-refractivity contribution in [1.29, 1.82) is 0 Å². The molecule has 5 rings (SSSR count). The van der Waals surface area contributed by atoms with Crippen LogP contribution in [0.25, 0.3) is 22.2 Å². The molecule has 0 bridgehead atoms. The lowest BCUT2D eigenvalue weighted by molar-refractivity contribution is 0.395. The molecule has 212 valence electrons. The number of halogens is 4. The fraction of sp³-hybridized carbons (Fsp3) is 0.333. The zero-order valence-electron chi connectivity index (χ0n) is 21.8. The maximum atomic E-state index is 15.6. The first-order valence-electron chi connectivity index (χ1n) is 12.8. The van der Waals surface area contributed by atoms with Crippen LogP contribution in [-0.4, -0.2) is 29.2 Å². The van der Waals surface area contributed by atoms with Gasteiger partial charge >= 0.3 is 0 Å². The molecular formula is C27H28Cl2F2N6O2S. The molecule has 2 aromatic heterocycles. The number of nitrogen functional groups attached to an aromatic ring is 1. The van der Waals surface area contributed by atoms with E-state index in [4.69, 9.17) is 34.7 Å². The van der Waals surface area contributed by atoms with E-state index in [9.17, 15) is 8.42 Å². The minimum atomic E-state index is -4.39. The van der Waals surface area contributed by atoms with Crippen molar-refractivity contribution in [2.24, 2.45) is 5.73 Å². The number of pyridine rings is 1. The van der Waals surface area contributed by atoms with Crippen LogP contribution in [0.3, 0.4) is 0 Å². The monoisotopic (exact) mass is 608 g/mol. The van der Waals surface area contributed by atoms with E-state index in [1.165, 1.54) is 12.1 Å². The van der Waals surface area contributed by atoms with E-state index in [1.54, 1.807) is 10.9 Å². The smallest absolute Gasteiger partial charge is 0.263 e. The van der Waals surface area contributed by atoms with Crippen LogP contribution in [0, 0.1) is 11.6 Å². The molecule has 1 aliphatic rings. The zero-order chi connectivity index (χ0) is 28.9. The van der Waals surface area contributed by atoms with Crippen molar-refractivity contribution in [3.8, 4) is 11.3 Å². The Labute approximate surface area is 240 Å². The van der Waals surface area contributed by atoms with Crippen molar-refractivity contribution >= 4 is 55.6 Å². The molecular weight excluding hydrogens is 581 g/mol. The molecule has 40 heavy (non-hydrogen) atoms. The van der Waals surface area contributed by atoms with E-state index in [-0.39, 0.29) is 50.0 Å². The molecule has 2 aromatic carbocycles. The zero-order valence-corrected chi connectivity index (χ0v) is 24.1. The van der Waals surface area contributed by atoms with Crippen LogP contribution in [-0.2, 0) is 10.0 Å². The normalized spacial score (nSPS) is 18.0. The van der Waals surface area contributed by atoms with E-state index in [2.05, 4.69) is 14.8 Å². The Kier molecular flexibility index (Phi) is 7.68. The molecule has 0 aliphatic heterocycles. The molecule has 2 heterocycles. The molecule has 0 unspecified atom stereocenters. The topological polar surface area (TPSA) is 129 Å². The van der Waals surface area contributed by atoms with Crippen LogP contribution < -0.4 is 16.2 Å². The first-order chi connectivity index (χ1) is 18.9. The summed E-state index contributed by atoms with van der Waals surface area (Å²) in [4.78, 5) is 4.02. The Bertz CT molecular complexity index is 1720. The molecule has 1 fully saturated rings. The summed E-state index contributed by atoms with van der Waals surface area (Å²) in [6.45, 7) is 3.87. The average Bonchev–Trinajstić information content (AvgIpc) is 3.30. The van der Waals surface area contributed by atoms with Gasteiger partial charge in [0.05, 0.1) is 21.6 Å². The van der Waals surface area contributed by atoms with Crippen LogP contribution in [0.4, 0.5) is 20.3 Å². The van der Waals surface area contributed by atoms with Gasteiger partial charge in [-0.15, -0.1) is 0 Å². The summed E-state index contributed by atoms with van der Waals surface area (Å²) in [7, 11) is -4.39. The highest BCUT2D eigenvalue weighted by molar-refractivity contribution is 7.92. The minimum Gasteiger partial charge on any atom is -0.383 e. The fourth-order valence-electron chi connectivity index (χ4n) is 5.20. The van der Waals surface area contributed by atoms with Gasteiger partial charge in [-0.1, -0.05) is 23.2 Å². The van der Waals surface area contributed by atoms with Gasteiger partial charge in [0.25, 0.3) is 10.0 Å². The molecule has 0 amide bonds. The van der Waals surface area contributed by atoms with Crippen molar-refractivity contribution in [2.45, 2.75) is 62.4 Å². The second kappa shape index (κ2) is 10.8. The van der Waals surface area contributed by atoms with Gasteiger partial charge in [0.1, 0.15) is 28.0 Å². The van der Waals surface area contributed by atoms with E-state index in [1.807, 2.05) is 13.8 Å². The van der Waals surface area contributed by atoms with Crippen LogP contribution in [0.1, 0.15) is 57.1 Å². The van der Waals surface area contributed by atoms with Gasteiger partial charge in [-0.25, -0.2) is 22.2 Å². The van der Waals surface area contributed by atoms with Gasteiger partial charge < -0.3 is 11.5 Å². The van der Waals surface area contributed by atoms with Gasteiger partial charge in [0.2, 0.25) is 0 Å². The number of sulfonamides is 1. The van der Waals surface area contributed by atoms with Crippen LogP contribution >= 0.6 is 23.2 Å². The number of fused-ring (bicyclic) bond motifs is 1. The van der Waals surface area contributed by atoms with E-state index in [0.29, 0.717) is 5.39 Å². The van der Waals surface area contributed by atoms with E-state index in [0.717, 1.165) is 55.0 Å². The van der Waals surface area contributed by atoms with Crippen LogP contribution in [0.5, 0.6) is 0 Å². The van der Waals surface area contributed by atoms with E-state index >= 15 is 8.78 Å². The molecule has 1 aliphatic carbocycles. The lowest BCUT2D eigenvalue weighted by atomic mass is 9.82. The second-order valence-corrected chi connectivity index (χ2v) is 12.8. The number of nitrogens with one attached hydrogen (secondary N) is 1. The molecule has 8 nitrogen and oxygen atoms in total. The summed E-state index contributed by atoms with van der Waals surface area (Å²) in [6.07, 6.45) is 5.22. The highest BCUT2D eigenvalue weighted by Gasteiger charge is 2.29. The summed E-state index contributed by atoms with van der Waals surface area (Å²) in [5.41, 5.74) is 13.4. The third kappa shape index (κ3) is 5.23. The lowest BCUT2D eigenvalue weighted by Gasteiger charge is -2.27. The molecule has 1 saturated carbocycles. The van der Waals surface area contributed by atoms with Gasteiger partial charge in [-0.3, -0.25) is 9.40 Å². The second-order valence-electron chi connectivity index (χ2n) is 10.3. The van der Waals surface area contributed by atoms with Crippen molar-refractivity contribution in [3.63, 3.8) is 0 Å². The number of hydrogen-bond acceptors (Lipinski definition) is 6. The predicted octanol–water partition coefficient (Wildman–Crippen LogP) is 6.63. The Morgan fingerprint density at radius 1 is 1.07 bits per heavy atom. The third-order valence-corrected chi connectivity index (χ3v) is 9.30. The molecule has 0 spiro atoms. The predicted molar refractivity (Wildman–Crippen MR) is 154 cm³/mol. The van der Waals surface area contributed by atoms with Gasteiger partial charge in [-0.05, 0) is 75.3 Å². The minimum absolute atomic E-state index is 0.112. The Hall–Kier alpha value is -2.99.